The van der Waals surface area contributed by atoms with Crippen LogP contribution < -0.4 is 10.4 Å². The van der Waals surface area contributed by atoms with E-state index in [0.717, 1.165) is 22.2 Å². The average molecular weight is 642 g/mol. The van der Waals surface area contributed by atoms with E-state index in [0.29, 0.717) is 23.2 Å². The molecule has 0 amide bonds. The number of aromatic nitrogens is 2. The van der Waals surface area contributed by atoms with Crippen LogP contribution in [0.2, 0.25) is 0 Å². The molecule has 0 spiro atoms. The van der Waals surface area contributed by atoms with Crippen LogP contribution in [0.5, 0.6) is 5.75 Å². The smallest absolute Gasteiger partial charge is 0.419 e. The number of imidazole rings is 1. The Labute approximate surface area is 271 Å². The number of hydrogen-bond donors (Lipinski definition) is 1. The Morgan fingerprint density at radius 2 is 1.19 bits per heavy atom. The predicted molar refractivity (Wildman–Crippen MR) is 177 cm³/mol. The molecular formula is C38H38F3N3O3. The van der Waals surface area contributed by atoms with Crippen LogP contribution in [0.15, 0.2) is 91.0 Å². The van der Waals surface area contributed by atoms with Gasteiger partial charge in [-0.3, -0.25) is 10.2 Å². The molecule has 1 aromatic heterocycles. The number of hydrogen-bond acceptors (Lipinski definition) is 4. The number of ether oxygens (including phenoxy) is 1. The lowest BCUT2D eigenvalue weighted by Gasteiger charge is -2.30. The van der Waals surface area contributed by atoms with Crippen molar-refractivity contribution in [2.45, 2.75) is 71.6 Å². The van der Waals surface area contributed by atoms with Gasteiger partial charge in [-0.2, -0.15) is 13.2 Å². The van der Waals surface area contributed by atoms with Crippen LogP contribution in [0.25, 0.3) is 22.2 Å². The maximum atomic E-state index is 14.0. The molecule has 0 aliphatic carbocycles. The molecule has 1 N–H and O–H groups in total. The first-order valence-corrected chi connectivity index (χ1v) is 15.3. The summed E-state index contributed by atoms with van der Waals surface area (Å²) in [4.78, 5) is 26.0. The number of carbonyl (C=O) groups excluding carboxylic acids is 2. The Balaban J connectivity index is 1.53. The monoisotopic (exact) mass is 641 g/mol. The molecule has 5 rings (SSSR count). The summed E-state index contributed by atoms with van der Waals surface area (Å²) in [6.07, 6.45) is -5.18. The number of esters is 1. The number of carbonyl (C=O) groups is 2. The minimum atomic E-state index is -5.18. The van der Waals surface area contributed by atoms with Crippen molar-refractivity contribution in [3.05, 3.63) is 119 Å². The Morgan fingerprint density at radius 3 is 1.70 bits per heavy atom. The summed E-state index contributed by atoms with van der Waals surface area (Å²) in [5.41, 5.74) is 4.15. The van der Waals surface area contributed by atoms with E-state index in [4.69, 9.17) is 10.1 Å². The lowest BCUT2D eigenvalue weighted by molar-refractivity contribution is -0.189. The SMILES string of the molecule is CC(C)(C)c1cc(C(=O)Cn2c(=N)n(Cc3ccc(-c4ccccc4)cc3)c3ccccc32)cc(C(C)(C)C)c1OC(=O)C(F)(F)F. The third kappa shape index (κ3) is 7.09. The minimum absolute atomic E-state index is 0.134. The second kappa shape index (κ2) is 12.4. The second-order valence-corrected chi connectivity index (χ2v) is 13.8. The summed E-state index contributed by atoms with van der Waals surface area (Å²) in [6.45, 7) is 10.9. The third-order valence-corrected chi connectivity index (χ3v) is 8.13. The molecule has 5 aromatic rings. The lowest BCUT2D eigenvalue weighted by atomic mass is 9.78. The number of nitrogens with one attached hydrogen (secondary N) is 1. The van der Waals surface area contributed by atoms with Gasteiger partial charge in [-0.25, -0.2) is 4.79 Å². The zero-order chi connectivity index (χ0) is 34.3. The molecule has 244 valence electrons. The number of alkyl halides is 3. The fraction of sp³-hybridized carbons (Fsp3) is 0.289. The van der Waals surface area contributed by atoms with Crippen molar-refractivity contribution in [3.63, 3.8) is 0 Å². The van der Waals surface area contributed by atoms with Crippen molar-refractivity contribution in [3.8, 4) is 16.9 Å². The van der Waals surface area contributed by atoms with Gasteiger partial charge >= 0.3 is 12.1 Å². The van der Waals surface area contributed by atoms with Crippen molar-refractivity contribution in [2.75, 3.05) is 0 Å². The Bertz CT molecular complexity index is 1970. The number of Topliss-reactive ketones (excluding diaryl/α,β-unsaturated/α-hetero) is 1. The van der Waals surface area contributed by atoms with Crippen LogP contribution in [-0.4, -0.2) is 27.1 Å². The van der Waals surface area contributed by atoms with E-state index in [-0.39, 0.29) is 29.3 Å². The fourth-order valence-electron chi connectivity index (χ4n) is 5.63. The maximum Gasteiger partial charge on any atom is 0.491 e. The minimum Gasteiger partial charge on any atom is -0.419 e. The van der Waals surface area contributed by atoms with Crippen LogP contribution in [0.1, 0.15) is 68.6 Å². The molecular weight excluding hydrogens is 603 g/mol. The fourth-order valence-corrected chi connectivity index (χ4v) is 5.63. The topological polar surface area (TPSA) is 77.1 Å². The first-order valence-electron chi connectivity index (χ1n) is 15.3. The molecule has 0 fully saturated rings. The van der Waals surface area contributed by atoms with E-state index in [1.54, 1.807) is 46.1 Å². The molecule has 9 heteroatoms. The van der Waals surface area contributed by atoms with Gasteiger partial charge in [0.1, 0.15) is 5.75 Å². The summed E-state index contributed by atoms with van der Waals surface area (Å²) in [5.74, 6) is -2.83. The van der Waals surface area contributed by atoms with E-state index < -0.39 is 23.0 Å². The van der Waals surface area contributed by atoms with Gasteiger partial charge in [0.2, 0.25) is 5.62 Å². The summed E-state index contributed by atoms with van der Waals surface area (Å²) < 4.78 is 48.3. The highest BCUT2D eigenvalue weighted by molar-refractivity contribution is 5.97. The standard InChI is InChI=1S/C38H38F3N3O3/c1-36(2,3)28-20-27(21-29(37(4,5)6)33(28)47-34(46)38(39,40)41)32(45)23-44-31-15-11-10-14-30(31)43(35(44)42)22-24-16-18-26(19-17-24)25-12-8-7-9-13-25/h7-21,42H,22-23H2,1-6H3. The number of para-hydroxylation sites is 2. The quantitative estimate of drug-likeness (QED) is 0.110. The predicted octanol–water partition coefficient (Wildman–Crippen LogP) is 8.58. The average Bonchev–Trinajstić information content (AvgIpc) is 3.26. The van der Waals surface area contributed by atoms with Crippen molar-refractivity contribution >= 4 is 22.8 Å². The van der Waals surface area contributed by atoms with Crippen molar-refractivity contribution < 1.29 is 27.5 Å². The van der Waals surface area contributed by atoms with Crippen LogP contribution in [0, 0.1) is 5.41 Å². The highest BCUT2D eigenvalue weighted by Crippen LogP contribution is 2.42. The highest BCUT2D eigenvalue weighted by atomic mass is 19.4. The van der Waals surface area contributed by atoms with E-state index in [1.807, 2.05) is 83.4 Å². The van der Waals surface area contributed by atoms with Crippen molar-refractivity contribution in [1.82, 2.24) is 9.13 Å². The zero-order valence-corrected chi connectivity index (χ0v) is 27.3. The zero-order valence-electron chi connectivity index (χ0n) is 27.3. The number of halogens is 3. The molecule has 0 saturated carbocycles. The first-order chi connectivity index (χ1) is 21.9. The first kappa shape index (κ1) is 33.4. The Kier molecular flexibility index (Phi) is 8.79. The highest BCUT2D eigenvalue weighted by Gasteiger charge is 2.43. The molecule has 47 heavy (non-hydrogen) atoms. The number of nitrogens with zero attached hydrogens (tertiary/aromatic N) is 2. The van der Waals surface area contributed by atoms with Gasteiger partial charge in [-0.15, -0.1) is 0 Å². The number of fused-ring (bicyclic) bond motifs is 1. The summed E-state index contributed by atoms with van der Waals surface area (Å²) in [5, 5.41) is 9.12. The molecule has 0 unspecified atom stereocenters. The van der Waals surface area contributed by atoms with E-state index in [9.17, 15) is 22.8 Å². The van der Waals surface area contributed by atoms with Crippen LogP contribution in [0.3, 0.4) is 0 Å². The lowest BCUT2D eigenvalue weighted by Crippen LogP contribution is -2.31. The summed E-state index contributed by atoms with van der Waals surface area (Å²) in [6, 6.07) is 28.7. The van der Waals surface area contributed by atoms with Crippen LogP contribution in [0.4, 0.5) is 13.2 Å². The van der Waals surface area contributed by atoms with Gasteiger partial charge in [0.15, 0.2) is 5.78 Å². The molecule has 6 nitrogen and oxygen atoms in total. The number of benzene rings is 4. The van der Waals surface area contributed by atoms with Gasteiger partial charge in [0, 0.05) is 16.7 Å². The van der Waals surface area contributed by atoms with Crippen molar-refractivity contribution in [2.24, 2.45) is 0 Å². The molecule has 0 atom stereocenters. The molecule has 0 radical (unpaired) electrons. The maximum absolute atomic E-state index is 14.0. The largest absolute Gasteiger partial charge is 0.491 e. The second-order valence-electron chi connectivity index (χ2n) is 13.8. The molecule has 0 aliphatic heterocycles. The number of rotatable bonds is 7. The summed E-state index contributed by atoms with van der Waals surface area (Å²) >= 11 is 0. The van der Waals surface area contributed by atoms with Crippen LogP contribution in [-0.2, 0) is 28.7 Å². The molecule has 0 aliphatic rings. The van der Waals surface area contributed by atoms with E-state index in [2.05, 4.69) is 0 Å². The van der Waals surface area contributed by atoms with Crippen LogP contribution >= 0.6 is 0 Å². The normalized spacial score (nSPS) is 12.4. The van der Waals surface area contributed by atoms with Gasteiger partial charge < -0.3 is 13.9 Å². The molecule has 4 aromatic carbocycles. The Morgan fingerprint density at radius 1 is 0.702 bits per heavy atom. The van der Waals surface area contributed by atoms with E-state index >= 15 is 0 Å². The third-order valence-electron chi connectivity index (χ3n) is 8.13. The Hall–Kier alpha value is -4.92. The van der Waals surface area contributed by atoms with Gasteiger partial charge in [-0.05, 0) is 51.8 Å². The molecule has 0 bridgehead atoms. The number of ketones is 1. The van der Waals surface area contributed by atoms with E-state index in [1.165, 1.54) is 12.1 Å². The van der Waals surface area contributed by atoms with Gasteiger partial charge in [-0.1, -0.05) is 108 Å². The van der Waals surface area contributed by atoms with Gasteiger partial charge in [0.05, 0.1) is 24.1 Å². The van der Waals surface area contributed by atoms with Gasteiger partial charge in [0.25, 0.3) is 0 Å². The molecule has 1 heterocycles. The van der Waals surface area contributed by atoms with Crippen molar-refractivity contribution in [1.29, 1.82) is 5.41 Å². The summed E-state index contributed by atoms with van der Waals surface area (Å²) in [7, 11) is 0. The molecule has 0 saturated heterocycles.